The Hall–Kier alpha value is -3.95. The van der Waals surface area contributed by atoms with E-state index in [0.29, 0.717) is 23.7 Å². The average Bonchev–Trinajstić information content (AvgIpc) is 3.15. The molecule has 0 bridgehead atoms. The lowest BCUT2D eigenvalue weighted by Crippen LogP contribution is -2.54. The van der Waals surface area contributed by atoms with Crippen LogP contribution in [0.2, 0.25) is 5.02 Å². The molecule has 1 fully saturated rings. The van der Waals surface area contributed by atoms with Gasteiger partial charge in [0.1, 0.15) is 12.1 Å². The summed E-state index contributed by atoms with van der Waals surface area (Å²) in [4.78, 5) is 51.3. The van der Waals surface area contributed by atoms with E-state index in [1.807, 2.05) is 24.3 Å². The van der Waals surface area contributed by atoms with Gasteiger partial charge in [0.05, 0.1) is 12.3 Å². The number of halogens is 1. The number of rotatable bonds is 7. The molecule has 0 aliphatic carbocycles. The molecule has 2 heterocycles. The Bertz CT molecular complexity index is 1310. The molecule has 4 rings (SSSR count). The van der Waals surface area contributed by atoms with E-state index >= 15 is 0 Å². The molecule has 10 heteroatoms. The number of carbonyl (C=O) groups excluding carboxylic acids is 4. The van der Waals surface area contributed by atoms with Crippen LogP contribution in [0.5, 0.6) is 0 Å². The number of amides is 5. The van der Waals surface area contributed by atoms with Gasteiger partial charge >= 0.3 is 6.03 Å². The van der Waals surface area contributed by atoms with Crippen LogP contribution >= 0.6 is 11.6 Å². The molecule has 0 unspecified atom stereocenters. The molecule has 0 saturated carbocycles. The number of barbiturate groups is 1. The first-order valence-electron chi connectivity index (χ1n) is 10.4. The molecule has 1 aromatic heterocycles. The Morgan fingerprint density at radius 1 is 1.12 bits per heavy atom. The van der Waals surface area contributed by atoms with Crippen molar-refractivity contribution in [2.75, 3.05) is 25.2 Å². The van der Waals surface area contributed by atoms with Gasteiger partial charge in [-0.2, -0.15) is 0 Å². The number of hydrogen-bond acceptors (Lipinski definition) is 5. The van der Waals surface area contributed by atoms with Crippen molar-refractivity contribution < 1.29 is 23.9 Å². The minimum atomic E-state index is -0.843. The van der Waals surface area contributed by atoms with E-state index in [2.05, 4.69) is 10.6 Å². The Morgan fingerprint density at radius 2 is 1.85 bits per heavy atom. The standard InChI is InChI=1S/C24H21ClN4O5/c1-34-11-10-26-21(30)14-28-13-15(18-4-2-3-5-20(18)28)12-19-22(31)27-24(33)29(23(19)32)17-8-6-16(25)7-9-17/h2-9,12-13H,10-11,14H2,1H3,(H,26,30)(H,27,31,33). The van der Waals surface area contributed by atoms with Crippen LogP contribution in [-0.2, 0) is 25.7 Å². The first kappa shape index (κ1) is 23.2. The maximum Gasteiger partial charge on any atom is 0.335 e. The van der Waals surface area contributed by atoms with Crippen molar-refractivity contribution in [1.29, 1.82) is 0 Å². The summed E-state index contributed by atoms with van der Waals surface area (Å²) in [5, 5.41) is 6.15. The number of methoxy groups -OCH3 is 1. The van der Waals surface area contributed by atoms with E-state index in [1.54, 1.807) is 30.0 Å². The van der Waals surface area contributed by atoms with Crippen LogP contribution in [0, 0.1) is 0 Å². The number of ether oxygens (including phenoxy) is 1. The molecule has 1 saturated heterocycles. The van der Waals surface area contributed by atoms with Crippen LogP contribution in [0.1, 0.15) is 5.56 Å². The van der Waals surface area contributed by atoms with E-state index in [9.17, 15) is 19.2 Å². The molecular weight excluding hydrogens is 460 g/mol. The van der Waals surface area contributed by atoms with Crippen LogP contribution in [0.3, 0.4) is 0 Å². The smallest absolute Gasteiger partial charge is 0.335 e. The summed E-state index contributed by atoms with van der Waals surface area (Å²) in [5.74, 6) is -1.76. The molecule has 5 amide bonds. The molecule has 9 nitrogen and oxygen atoms in total. The fourth-order valence-corrected chi connectivity index (χ4v) is 3.79. The number of carbonyl (C=O) groups is 4. The van der Waals surface area contributed by atoms with Crippen molar-refractivity contribution in [3.8, 4) is 0 Å². The molecular formula is C24H21ClN4O5. The lowest BCUT2D eigenvalue weighted by Gasteiger charge is -2.26. The lowest BCUT2D eigenvalue weighted by atomic mass is 10.1. The van der Waals surface area contributed by atoms with Crippen molar-refractivity contribution in [1.82, 2.24) is 15.2 Å². The number of hydrogen-bond donors (Lipinski definition) is 2. The van der Waals surface area contributed by atoms with E-state index in [-0.39, 0.29) is 23.7 Å². The lowest BCUT2D eigenvalue weighted by molar-refractivity contribution is -0.123. The molecule has 2 N–H and O–H groups in total. The van der Waals surface area contributed by atoms with Gasteiger partial charge in [0, 0.05) is 41.3 Å². The van der Waals surface area contributed by atoms with Crippen molar-refractivity contribution >= 4 is 58.0 Å². The molecule has 0 atom stereocenters. The number of aromatic nitrogens is 1. The summed E-state index contributed by atoms with van der Waals surface area (Å²) in [6, 6.07) is 12.6. The van der Waals surface area contributed by atoms with Crippen LogP contribution in [-0.4, -0.2) is 48.6 Å². The predicted molar refractivity (Wildman–Crippen MR) is 127 cm³/mol. The van der Waals surface area contributed by atoms with E-state index in [0.717, 1.165) is 15.8 Å². The highest BCUT2D eigenvalue weighted by Gasteiger charge is 2.37. The number of fused-ring (bicyclic) bond motifs is 1. The molecule has 34 heavy (non-hydrogen) atoms. The minimum Gasteiger partial charge on any atom is -0.383 e. The Morgan fingerprint density at radius 3 is 2.59 bits per heavy atom. The van der Waals surface area contributed by atoms with Crippen molar-refractivity contribution in [2.24, 2.45) is 0 Å². The third-order valence-corrected chi connectivity index (χ3v) is 5.50. The van der Waals surface area contributed by atoms with E-state index in [1.165, 1.54) is 18.2 Å². The number of nitrogens with zero attached hydrogens (tertiary/aromatic N) is 2. The second-order valence-electron chi connectivity index (χ2n) is 7.51. The van der Waals surface area contributed by atoms with Gasteiger partial charge in [0.2, 0.25) is 5.91 Å². The summed E-state index contributed by atoms with van der Waals surface area (Å²) in [6.07, 6.45) is 3.12. The molecule has 1 aliphatic heterocycles. The van der Waals surface area contributed by atoms with Gasteiger partial charge in [-0.3, -0.25) is 19.7 Å². The van der Waals surface area contributed by atoms with Crippen molar-refractivity contribution in [3.63, 3.8) is 0 Å². The van der Waals surface area contributed by atoms with Crippen LogP contribution in [0.25, 0.3) is 17.0 Å². The molecule has 0 radical (unpaired) electrons. The van der Waals surface area contributed by atoms with Gasteiger partial charge in [-0.1, -0.05) is 29.8 Å². The zero-order valence-corrected chi connectivity index (χ0v) is 19.0. The SMILES string of the molecule is COCCNC(=O)Cn1cc(C=C2C(=O)NC(=O)N(c3ccc(Cl)cc3)C2=O)c2ccccc21. The topological polar surface area (TPSA) is 110 Å². The van der Waals surface area contributed by atoms with Gasteiger partial charge < -0.3 is 14.6 Å². The Balaban J connectivity index is 1.69. The summed E-state index contributed by atoms with van der Waals surface area (Å²) in [6.45, 7) is 0.827. The highest BCUT2D eigenvalue weighted by Crippen LogP contribution is 2.27. The summed E-state index contributed by atoms with van der Waals surface area (Å²) in [7, 11) is 1.55. The number of para-hydroxylation sites is 1. The minimum absolute atomic E-state index is 0.0446. The highest BCUT2D eigenvalue weighted by molar-refractivity contribution is 6.39. The quantitative estimate of drug-likeness (QED) is 0.307. The molecule has 0 spiro atoms. The first-order chi connectivity index (χ1) is 16.4. The maximum absolute atomic E-state index is 13.2. The van der Waals surface area contributed by atoms with Crippen molar-refractivity contribution in [3.05, 3.63) is 70.9 Å². The number of anilines is 1. The monoisotopic (exact) mass is 480 g/mol. The predicted octanol–water partition coefficient (Wildman–Crippen LogP) is 2.72. The summed E-state index contributed by atoms with van der Waals surface area (Å²) in [5.41, 5.74) is 1.39. The summed E-state index contributed by atoms with van der Waals surface area (Å²) >= 11 is 5.91. The van der Waals surface area contributed by atoms with E-state index in [4.69, 9.17) is 16.3 Å². The third-order valence-electron chi connectivity index (χ3n) is 5.25. The van der Waals surface area contributed by atoms with Gasteiger partial charge in [0.25, 0.3) is 11.8 Å². The molecule has 3 aromatic rings. The van der Waals surface area contributed by atoms with Gasteiger partial charge in [-0.15, -0.1) is 0 Å². The largest absolute Gasteiger partial charge is 0.383 e. The normalized spacial score (nSPS) is 15.2. The van der Waals surface area contributed by atoms with E-state index < -0.39 is 17.8 Å². The highest BCUT2D eigenvalue weighted by atomic mass is 35.5. The first-order valence-corrected chi connectivity index (χ1v) is 10.8. The second kappa shape index (κ2) is 9.90. The zero-order chi connectivity index (χ0) is 24.2. The summed E-state index contributed by atoms with van der Waals surface area (Å²) < 4.78 is 6.68. The zero-order valence-electron chi connectivity index (χ0n) is 18.2. The van der Waals surface area contributed by atoms with Gasteiger partial charge in [-0.05, 0) is 36.4 Å². The molecule has 2 aromatic carbocycles. The van der Waals surface area contributed by atoms with Gasteiger partial charge in [-0.25, -0.2) is 9.69 Å². The fraction of sp³-hybridized carbons (Fsp3) is 0.167. The third kappa shape index (κ3) is 4.70. The van der Waals surface area contributed by atoms with Crippen LogP contribution in [0.4, 0.5) is 10.5 Å². The number of benzene rings is 2. The van der Waals surface area contributed by atoms with Crippen molar-refractivity contribution in [2.45, 2.75) is 6.54 Å². The maximum atomic E-state index is 13.2. The van der Waals surface area contributed by atoms with Crippen LogP contribution in [0.15, 0.2) is 60.3 Å². The number of nitrogens with one attached hydrogen (secondary N) is 2. The second-order valence-corrected chi connectivity index (χ2v) is 7.94. The number of imide groups is 2. The molecule has 1 aliphatic rings. The Kier molecular flexibility index (Phi) is 6.76. The fourth-order valence-electron chi connectivity index (χ4n) is 3.66. The Labute approximate surface area is 199 Å². The van der Waals surface area contributed by atoms with Crippen LogP contribution < -0.4 is 15.5 Å². The average molecular weight is 481 g/mol. The number of urea groups is 1. The van der Waals surface area contributed by atoms with Gasteiger partial charge in [0.15, 0.2) is 0 Å². The molecule has 174 valence electrons.